The van der Waals surface area contributed by atoms with Crippen LogP contribution in [0, 0.1) is 23.7 Å². The molecule has 1 amide bonds. The molecule has 4 rings (SSSR count). The monoisotopic (exact) mass is 585 g/mol. The van der Waals surface area contributed by atoms with Gasteiger partial charge in [0.25, 0.3) is 0 Å². The molecule has 0 bridgehead atoms. The molecular formula is C30H35N9O4. The molecule has 1 aliphatic rings. The summed E-state index contributed by atoms with van der Waals surface area (Å²) in [5.41, 5.74) is 8.82. The zero-order chi connectivity index (χ0) is 30.6. The van der Waals surface area contributed by atoms with Crippen molar-refractivity contribution in [3.05, 3.63) is 65.6 Å². The minimum Gasteiger partial charge on any atom is -0.496 e. The number of piperazine rings is 1. The van der Waals surface area contributed by atoms with E-state index < -0.39 is 6.09 Å². The van der Waals surface area contributed by atoms with E-state index in [1.807, 2.05) is 31.2 Å². The number of nitrogens with zero attached hydrogens (tertiary/aromatic N) is 5. The molecule has 0 atom stereocenters. The molecule has 1 aliphatic heterocycles. The molecule has 1 aromatic heterocycles. The van der Waals surface area contributed by atoms with Gasteiger partial charge in [-0.3, -0.25) is 0 Å². The topological polar surface area (TPSA) is 184 Å². The summed E-state index contributed by atoms with van der Waals surface area (Å²) < 4.78 is 16.9. The number of aryl methyl sites for hydroxylation is 1. The molecule has 224 valence electrons. The summed E-state index contributed by atoms with van der Waals surface area (Å²) in [5.74, 6) is 1.78. The molecule has 1 fully saturated rings. The average molecular weight is 586 g/mol. The van der Waals surface area contributed by atoms with Crippen LogP contribution in [0.15, 0.2) is 53.8 Å². The van der Waals surface area contributed by atoms with Gasteiger partial charge in [0.1, 0.15) is 29.2 Å². The summed E-state index contributed by atoms with van der Waals surface area (Å²) in [7, 11) is 1.51. The van der Waals surface area contributed by atoms with Gasteiger partial charge in [0.2, 0.25) is 0 Å². The summed E-state index contributed by atoms with van der Waals surface area (Å²) >= 11 is 0. The van der Waals surface area contributed by atoms with Gasteiger partial charge in [-0.05, 0) is 49.2 Å². The van der Waals surface area contributed by atoms with Crippen molar-refractivity contribution in [1.29, 1.82) is 10.7 Å². The molecule has 2 aromatic carbocycles. The first-order valence-electron chi connectivity index (χ1n) is 13.8. The third-order valence-electron chi connectivity index (χ3n) is 6.57. The number of nitriles is 1. The lowest BCUT2D eigenvalue weighted by molar-refractivity contribution is 0.199. The molecule has 0 aliphatic carbocycles. The van der Waals surface area contributed by atoms with Crippen LogP contribution >= 0.6 is 0 Å². The van der Waals surface area contributed by atoms with Gasteiger partial charge >= 0.3 is 6.09 Å². The van der Waals surface area contributed by atoms with Gasteiger partial charge in [0.15, 0.2) is 11.5 Å². The van der Waals surface area contributed by atoms with Gasteiger partial charge in [0, 0.05) is 44.8 Å². The second-order valence-electron chi connectivity index (χ2n) is 9.67. The molecule has 0 spiro atoms. The van der Waals surface area contributed by atoms with Crippen molar-refractivity contribution >= 4 is 29.1 Å². The van der Waals surface area contributed by atoms with Crippen LogP contribution < -0.4 is 35.5 Å². The highest BCUT2D eigenvalue weighted by atomic mass is 16.6. The van der Waals surface area contributed by atoms with Gasteiger partial charge in [-0.1, -0.05) is 6.07 Å². The molecule has 13 nitrogen and oxygen atoms in total. The van der Waals surface area contributed by atoms with Crippen molar-refractivity contribution in [2.45, 2.75) is 19.8 Å². The third kappa shape index (κ3) is 8.64. The highest BCUT2D eigenvalue weighted by Crippen LogP contribution is 2.30. The van der Waals surface area contributed by atoms with Crippen LogP contribution in [-0.2, 0) is 0 Å². The van der Waals surface area contributed by atoms with Crippen LogP contribution in [0.1, 0.15) is 29.7 Å². The SMILES string of the molecule is COc1cccc(OCCCNC(=O)Oc2ccc(N3CCNCC3)cc2C)c1C(=N)CC(N)=Nc1cnc(C#N)cn1. The van der Waals surface area contributed by atoms with E-state index in [4.69, 9.17) is 30.6 Å². The van der Waals surface area contributed by atoms with Gasteiger partial charge in [0.05, 0.1) is 37.4 Å². The molecule has 13 heteroatoms. The number of nitrogens with two attached hydrogens (primary N) is 1. The molecule has 5 N–H and O–H groups in total. The zero-order valence-corrected chi connectivity index (χ0v) is 24.2. The quantitative estimate of drug-likeness (QED) is 0.140. The molecule has 0 saturated carbocycles. The fourth-order valence-electron chi connectivity index (χ4n) is 4.44. The average Bonchev–Trinajstić information content (AvgIpc) is 3.02. The van der Waals surface area contributed by atoms with E-state index in [2.05, 4.69) is 30.5 Å². The van der Waals surface area contributed by atoms with E-state index in [1.54, 1.807) is 18.2 Å². The second kappa shape index (κ2) is 15.1. The molecule has 1 saturated heterocycles. The maximum absolute atomic E-state index is 12.4. The largest absolute Gasteiger partial charge is 0.496 e. The van der Waals surface area contributed by atoms with Gasteiger partial charge in [-0.2, -0.15) is 5.26 Å². The van der Waals surface area contributed by atoms with E-state index in [0.717, 1.165) is 37.4 Å². The minimum atomic E-state index is -0.538. The van der Waals surface area contributed by atoms with Crippen LogP contribution in [0.2, 0.25) is 0 Å². The van der Waals surface area contributed by atoms with E-state index in [9.17, 15) is 4.79 Å². The fraction of sp³-hybridized carbons (Fsp3) is 0.333. The molecule has 0 unspecified atom stereocenters. The van der Waals surface area contributed by atoms with Crippen LogP contribution in [0.25, 0.3) is 0 Å². The Hall–Kier alpha value is -5.22. The third-order valence-corrected chi connectivity index (χ3v) is 6.57. The van der Waals surface area contributed by atoms with Crippen LogP contribution in [0.4, 0.5) is 16.3 Å². The first kappa shape index (κ1) is 30.7. The number of carbonyl (C=O) groups is 1. The Morgan fingerprint density at radius 3 is 2.67 bits per heavy atom. The van der Waals surface area contributed by atoms with E-state index in [-0.39, 0.29) is 36.1 Å². The number of hydrogen-bond acceptors (Lipinski definition) is 11. The molecule has 43 heavy (non-hydrogen) atoms. The highest BCUT2D eigenvalue weighted by molar-refractivity contribution is 6.13. The number of carbonyl (C=O) groups excluding carboxylic acids is 1. The number of aliphatic imine (C=N–C) groups is 1. The predicted molar refractivity (Wildman–Crippen MR) is 163 cm³/mol. The first-order chi connectivity index (χ1) is 20.9. The number of methoxy groups -OCH3 is 1. The number of nitrogens with one attached hydrogen (secondary N) is 3. The van der Waals surface area contributed by atoms with Crippen molar-refractivity contribution in [3.63, 3.8) is 0 Å². The number of hydrogen-bond donors (Lipinski definition) is 4. The lowest BCUT2D eigenvalue weighted by Gasteiger charge is -2.29. The standard InChI is InChI=1S/C30H35N9O4/c1-20-15-22(39-12-10-34-11-13-39)7-8-24(20)43-30(40)35-9-4-14-42-26-6-3-5-25(41-2)29(26)23(32)16-27(33)38-28-19-36-21(17-31)18-37-28/h3,5-8,15,18-19,32,34H,4,9-14,16H2,1-2H3,(H,35,40)(H2,33,37,38). The normalized spacial score (nSPS) is 13.1. The Bertz CT molecular complexity index is 1500. The summed E-state index contributed by atoms with van der Waals surface area (Å²) in [6.45, 7) is 6.31. The number of ether oxygens (including phenoxy) is 3. The van der Waals surface area contributed by atoms with Crippen LogP contribution in [0.3, 0.4) is 0 Å². The van der Waals surface area contributed by atoms with Crippen LogP contribution in [0.5, 0.6) is 17.2 Å². The fourth-order valence-corrected chi connectivity index (χ4v) is 4.44. The van der Waals surface area contributed by atoms with E-state index in [0.29, 0.717) is 35.8 Å². The molecule has 2 heterocycles. The zero-order valence-electron chi connectivity index (χ0n) is 24.2. The summed E-state index contributed by atoms with van der Waals surface area (Å²) in [6.07, 6.45) is 2.60. The lowest BCUT2D eigenvalue weighted by Crippen LogP contribution is -2.43. The molecular weight excluding hydrogens is 550 g/mol. The van der Waals surface area contributed by atoms with Crippen molar-refractivity contribution in [3.8, 4) is 23.3 Å². The molecule has 3 aromatic rings. The van der Waals surface area contributed by atoms with Crippen molar-refractivity contribution in [2.24, 2.45) is 10.7 Å². The smallest absolute Gasteiger partial charge is 0.412 e. The number of aromatic nitrogens is 2. The lowest BCUT2D eigenvalue weighted by atomic mass is 10.0. The Kier molecular flexibility index (Phi) is 10.8. The summed E-state index contributed by atoms with van der Waals surface area (Å²) in [5, 5.41) is 23.6. The Labute approximate surface area is 250 Å². The summed E-state index contributed by atoms with van der Waals surface area (Å²) in [4.78, 5) is 26.8. The predicted octanol–water partition coefficient (Wildman–Crippen LogP) is 3.08. The summed E-state index contributed by atoms with van der Waals surface area (Å²) in [6, 6.07) is 12.9. The van der Waals surface area contributed by atoms with E-state index in [1.165, 1.54) is 19.5 Å². The van der Waals surface area contributed by atoms with Crippen molar-refractivity contribution < 1.29 is 19.0 Å². The number of amidine groups is 1. The molecule has 0 radical (unpaired) electrons. The van der Waals surface area contributed by atoms with Crippen molar-refractivity contribution in [2.75, 3.05) is 51.3 Å². The van der Waals surface area contributed by atoms with E-state index >= 15 is 0 Å². The number of rotatable bonds is 12. The highest BCUT2D eigenvalue weighted by Gasteiger charge is 2.17. The van der Waals surface area contributed by atoms with Gasteiger partial charge in [-0.25, -0.2) is 19.8 Å². The minimum absolute atomic E-state index is 0.00143. The Morgan fingerprint density at radius 1 is 1.19 bits per heavy atom. The first-order valence-corrected chi connectivity index (χ1v) is 13.8. The van der Waals surface area contributed by atoms with Gasteiger partial charge < -0.3 is 40.9 Å². The van der Waals surface area contributed by atoms with Crippen LogP contribution in [-0.4, -0.2) is 74.0 Å². The Morgan fingerprint density at radius 2 is 1.98 bits per heavy atom. The van der Waals surface area contributed by atoms with Gasteiger partial charge in [-0.15, -0.1) is 0 Å². The number of anilines is 1. The number of benzene rings is 2. The maximum atomic E-state index is 12.4. The second-order valence-corrected chi connectivity index (χ2v) is 9.67. The van der Waals surface area contributed by atoms with Crippen molar-refractivity contribution in [1.82, 2.24) is 20.6 Å². The Balaban J connectivity index is 1.27. The maximum Gasteiger partial charge on any atom is 0.412 e. The number of amides is 1.